The molecule has 1 atom stereocenters. The number of benzene rings is 2. The van der Waals surface area contributed by atoms with E-state index in [1.165, 1.54) is 9.91 Å². The van der Waals surface area contributed by atoms with E-state index in [1.54, 1.807) is 21.3 Å². The zero-order valence-corrected chi connectivity index (χ0v) is 18.7. The second-order valence-corrected chi connectivity index (χ2v) is 7.83. The van der Waals surface area contributed by atoms with Gasteiger partial charge in [-0.15, -0.1) is 0 Å². The van der Waals surface area contributed by atoms with Crippen molar-refractivity contribution < 1.29 is 19.1 Å². The summed E-state index contributed by atoms with van der Waals surface area (Å²) in [6.45, 7) is 3.59. The smallest absolute Gasteiger partial charge is 0.262 e. The van der Waals surface area contributed by atoms with Crippen LogP contribution in [-0.2, 0) is 9.59 Å². The number of carbonyl (C=O) groups excluding carboxylic acids is 2. The monoisotopic (exact) mass is 423 g/mol. The number of ether oxygens (including phenoxy) is 2. The lowest BCUT2D eigenvalue weighted by atomic mass is 9.97. The molecule has 0 N–H and O–H groups in total. The summed E-state index contributed by atoms with van der Waals surface area (Å²) in [6, 6.07) is 14.9. The highest BCUT2D eigenvalue weighted by Gasteiger charge is 2.35. The molecule has 2 aromatic rings. The van der Waals surface area contributed by atoms with Gasteiger partial charge in [0.1, 0.15) is 18.0 Å². The molecule has 1 aliphatic heterocycles. The van der Waals surface area contributed by atoms with Gasteiger partial charge in [0.15, 0.2) is 0 Å². The van der Waals surface area contributed by atoms with Gasteiger partial charge in [-0.25, -0.2) is 5.01 Å². The Bertz CT molecular complexity index is 986. The number of methoxy groups -OCH3 is 2. The highest BCUT2D eigenvalue weighted by atomic mass is 16.5. The second kappa shape index (κ2) is 9.64. The maximum absolute atomic E-state index is 13.2. The summed E-state index contributed by atoms with van der Waals surface area (Å²) in [4.78, 5) is 27.0. The predicted molar refractivity (Wildman–Crippen MR) is 119 cm³/mol. The van der Waals surface area contributed by atoms with Crippen molar-refractivity contribution in [2.75, 3.05) is 27.8 Å². The number of hydrogen-bond acceptors (Lipinski definition) is 5. The van der Waals surface area contributed by atoms with Crippen LogP contribution < -0.4 is 9.47 Å². The van der Waals surface area contributed by atoms with Crippen LogP contribution in [0.4, 0.5) is 0 Å². The largest absolute Gasteiger partial charge is 0.497 e. The minimum absolute atomic E-state index is 0.0441. The summed E-state index contributed by atoms with van der Waals surface area (Å²) >= 11 is 0. The highest BCUT2D eigenvalue weighted by molar-refractivity contribution is 6.03. The number of carbonyl (C=O) groups is 2. The Morgan fingerprint density at radius 1 is 1.13 bits per heavy atom. The molecule has 0 bridgehead atoms. The molecule has 3 rings (SSSR count). The first-order chi connectivity index (χ1) is 14.8. The lowest BCUT2D eigenvalue weighted by Gasteiger charge is -2.26. The normalized spacial score (nSPS) is 15.6. The average molecular weight is 424 g/mol. The predicted octanol–water partition coefficient (Wildman–Crippen LogP) is 3.50. The molecule has 0 aliphatic carbocycles. The number of likely N-dealkylation sites (N-methyl/N-ethyl adjacent to an activating group) is 1. The lowest BCUT2D eigenvalue weighted by molar-refractivity contribution is -0.142. The van der Waals surface area contributed by atoms with Crippen molar-refractivity contribution in [1.29, 1.82) is 0 Å². The van der Waals surface area contributed by atoms with Crippen molar-refractivity contribution >= 4 is 17.5 Å². The van der Waals surface area contributed by atoms with Crippen molar-refractivity contribution in [1.82, 2.24) is 9.91 Å². The van der Waals surface area contributed by atoms with E-state index >= 15 is 0 Å². The molecule has 0 saturated heterocycles. The fourth-order valence-electron chi connectivity index (χ4n) is 3.70. The molecule has 1 aliphatic rings. The summed E-state index contributed by atoms with van der Waals surface area (Å²) in [6.07, 6.45) is 0.529. The Balaban J connectivity index is 1.95. The molecule has 0 fully saturated rings. The number of nitrogens with zero attached hydrogens (tertiary/aromatic N) is 3. The van der Waals surface area contributed by atoms with Crippen molar-refractivity contribution in [2.24, 2.45) is 11.0 Å². The van der Waals surface area contributed by atoms with E-state index in [4.69, 9.17) is 9.47 Å². The molecule has 2 amide bonds. The first-order valence-electron chi connectivity index (χ1n) is 10.3. The Morgan fingerprint density at radius 2 is 1.87 bits per heavy atom. The van der Waals surface area contributed by atoms with Crippen LogP contribution in [0, 0.1) is 5.92 Å². The molecule has 31 heavy (non-hydrogen) atoms. The maximum atomic E-state index is 13.2. The van der Waals surface area contributed by atoms with Crippen LogP contribution in [0.3, 0.4) is 0 Å². The molecule has 0 radical (unpaired) electrons. The Labute approximate surface area is 183 Å². The van der Waals surface area contributed by atoms with Crippen LogP contribution in [0.5, 0.6) is 11.5 Å². The number of rotatable bonds is 7. The van der Waals surface area contributed by atoms with Crippen LogP contribution >= 0.6 is 0 Å². The third kappa shape index (κ3) is 4.87. The van der Waals surface area contributed by atoms with E-state index in [9.17, 15) is 9.59 Å². The van der Waals surface area contributed by atoms with Gasteiger partial charge in [-0.1, -0.05) is 44.2 Å². The standard InChI is InChI=1S/C24H29N3O4/c1-16(2)24(29)26(3)15-23(28)27-21(19-11-6-7-12-22(19)31-5)14-20(25-27)17-9-8-10-18(13-17)30-4/h6-13,16,21H,14-15H2,1-5H3/t21-/m0/s1. The van der Waals surface area contributed by atoms with Crippen molar-refractivity contribution in [3.63, 3.8) is 0 Å². The number of hydrazone groups is 1. The maximum Gasteiger partial charge on any atom is 0.262 e. The summed E-state index contributed by atoms with van der Waals surface area (Å²) < 4.78 is 10.9. The molecule has 7 heteroatoms. The van der Waals surface area contributed by atoms with Gasteiger partial charge in [-0.05, 0) is 18.2 Å². The zero-order valence-electron chi connectivity index (χ0n) is 18.7. The summed E-state index contributed by atoms with van der Waals surface area (Å²) in [5.41, 5.74) is 2.54. The van der Waals surface area contributed by atoms with Gasteiger partial charge >= 0.3 is 0 Å². The third-order valence-corrected chi connectivity index (χ3v) is 5.31. The van der Waals surface area contributed by atoms with Crippen molar-refractivity contribution in [3.8, 4) is 11.5 Å². The molecule has 0 aromatic heterocycles. The van der Waals surface area contributed by atoms with Crippen LogP contribution in [0.1, 0.15) is 37.4 Å². The molecule has 0 unspecified atom stereocenters. The first-order valence-corrected chi connectivity index (χ1v) is 10.3. The Kier molecular flexibility index (Phi) is 6.95. The van der Waals surface area contributed by atoms with Crippen LogP contribution in [0.2, 0.25) is 0 Å². The van der Waals surface area contributed by atoms with E-state index < -0.39 is 0 Å². The molecule has 164 valence electrons. The third-order valence-electron chi connectivity index (χ3n) is 5.31. The topological polar surface area (TPSA) is 71.4 Å². The van der Waals surface area contributed by atoms with Crippen molar-refractivity contribution in [3.05, 3.63) is 59.7 Å². The molecule has 2 aromatic carbocycles. The number of para-hydroxylation sites is 1. The lowest BCUT2D eigenvalue weighted by Crippen LogP contribution is -2.40. The Hall–Kier alpha value is -3.35. The summed E-state index contributed by atoms with van der Waals surface area (Å²) in [5.74, 6) is 0.904. The molecule has 0 saturated carbocycles. The van der Waals surface area contributed by atoms with Gasteiger partial charge in [-0.3, -0.25) is 9.59 Å². The first kappa shape index (κ1) is 22.3. The van der Waals surface area contributed by atoms with E-state index in [0.29, 0.717) is 12.2 Å². The highest BCUT2D eigenvalue weighted by Crippen LogP contribution is 2.37. The van der Waals surface area contributed by atoms with E-state index in [1.807, 2.05) is 62.4 Å². The van der Waals surface area contributed by atoms with Gasteiger partial charge < -0.3 is 14.4 Å². The fraction of sp³-hybridized carbons (Fsp3) is 0.375. The summed E-state index contributed by atoms with van der Waals surface area (Å²) in [7, 11) is 4.87. The van der Waals surface area contributed by atoms with Crippen LogP contribution in [0.15, 0.2) is 53.6 Å². The van der Waals surface area contributed by atoms with E-state index in [-0.39, 0.29) is 30.3 Å². The minimum Gasteiger partial charge on any atom is -0.497 e. The SMILES string of the molecule is COc1cccc(C2=NN(C(=O)CN(C)C(=O)C(C)C)[C@H](c3ccccc3OC)C2)c1. The van der Waals surface area contributed by atoms with E-state index in [0.717, 1.165) is 22.6 Å². The van der Waals surface area contributed by atoms with Crippen molar-refractivity contribution in [2.45, 2.75) is 26.3 Å². The molecular formula is C24H29N3O4. The van der Waals surface area contributed by atoms with Gasteiger partial charge in [0.25, 0.3) is 5.91 Å². The minimum atomic E-state index is -0.326. The molecule has 0 spiro atoms. The van der Waals surface area contributed by atoms with Crippen LogP contribution in [0.25, 0.3) is 0 Å². The zero-order chi connectivity index (χ0) is 22.5. The average Bonchev–Trinajstić information content (AvgIpc) is 3.23. The summed E-state index contributed by atoms with van der Waals surface area (Å²) in [5, 5.41) is 6.16. The number of amides is 2. The van der Waals surface area contributed by atoms with Gasteiger partial charge in [-0.2, -0.15) is 5.10 Å². The van der Waals surface area contributed by atoms with Gasteiger partial charge in [0, 0.05) is 30.5 Å². The van der Waals surface area contributed by atoms with E-state index in [2.05, 4.69) is 5.10 Å². The second-order valence-electron chi connectivity index (χ2n) is 7.83. The van der Waals surface area contributed by atoms with Gasteiger partial charge in [0.2, 0.25) is 5.91 Å². The molecular weight excluding hydrogens is 394 g/mol. The van der Waals surface area contributed by atoms with Gasteiger partial charge in [0.05, 0.1) is 26.0 Å². The van der Waals surface area contributed by atoms with Crippen LogP contribution in [-0.4, -0.2) is 55.2 Å². The molecule has 7 nitrogen and oxygen atoms in total. The quantitative estimate of drug-likeness (QED) is 0.683. The number of hydrogen-bond donors (Lipinski definition) is 0. The molecule has 1 heterocycles. The Morgan fingerprint density at radius 3 is 2.55 bits per heavy atom. The fourth-order valence-corrected chi connectivity index (χ4v) is 3.70.